The Bertz CT molecular complexity index is 1610. The lowest BCUT2D eigenvalue weighted by atomic mass is 10.1. The van der Waals surface area contributed by atoms with Crippen LogP contribution in [0.3, 0.4) is 0 Å². The summed E-state index contributed by atoms with van der Waals surface area (Å²) in [4.78, 5) is 21.7. The van der Waals surface area contributed by atoms with Crippen molar-refractivity contribution in [3.8, 4) is 28.6 Å². The number of nitrogens with zero attached hydrogens (tertiary/aromatic N) is 2. The van der Waals surface area contributed by atoms with Crippen molar-refractivity contribution in [3.63, 3.8) is 0 Å². The Kier molecular flexibility index (Phi) is 7.87. The quantitative estimate of drug-likeness (QED) is 0.302. The Labute approximate surface area is 228 Å². The van der Waals surface area contributed by atoms with Crippen molar-refractivity contribution < 1.29 is 22.7 Å². The van der Waals surface area contributed by atoms with Gasteiger partial charge in [-0.25, -0.2) is 14.7 Å². The SMILES string of the molecule is Cc1cc(C)c(Oc2nc(-c3ccc(OC(C)C)cc3)ccc2C(=O)NS(=O)(=O)c2cccc(N)n2)c(C)c1. The number of aryl methyl sites for hydroxylation is 3. The number of carbonyl (C=O) groups is 1. The normalized spacial score (nSPS) is 11.3. The Morgan fingerprint density at radius 2 is 1.59 bits per heavy atom. The predicted octanol–water partition coefficient (Wildman–Crippen LogP) is 5.35. The number of rotatable bonds is 8. The molecule has 0 saturated carbocycles. The maximum atomic E-state index is 13.3. The van der Waals surface area contributed by atoms with Crippen molar-refractivity contribution in [2.24, 2.45) is 0 Å². The predicted molar refractivity (Wildman–Crippen MR) is 149 cm³/mol. The number of ether oxygens (including phenoxy) is 2. The molecule has 3 N–H and O–H groups in total. The minimum absolute atomic E-state index is 0.00972. The summed E-state index contributed by atoms with van der Waals surface area (Å²) in [7, 11) is -4.31. The first-order valence-electron chi connectivity index (χ1n) is 12.3. The van der Waals surface area contributed by atoms with Crippen LogP contribution in [0.2, 0.25) is 0 Å². The summed E-state index contributed by atoms with van der Waals surface area (Å²) in [5.74, 6) is 0.290. The number of anilines is 1. The number of pyridine rings is 2. The van der Waals surface area contributed by atoms with Crippen LogP contribution in [0.4, 0.5) is 5.82 Å². The van der Waals surface area contributed by atoms with Crippen molar-refractivity contribution in [1.29, 1.82) is 0 Å². The van der Waals surface area contributed by atoms with Crippen LogP contribution in [-0.4, -0.2) is 30.4 Å². The lowest BCUT2D eigenvalue weighted by Gasteiger charge is -2.16. The molecule has 0 aliphatic carbocycles. The molecule has 0 unspecified atom stereocenters. The van der Waals surface area contributed by atoms with Gasteiger partial charge in [-0.15, -0.1) is 0 Å². The zero-order valence-electron chi connectivity index (χ0n) is 22.3. The standard InChI is InChI=1S/C29H30N4O5S/c1-17(2)37-22-11-9-21(10-12-22)24-14-13-23(28(34)33-39(35,36)26-8-6-7-25(30)32-26)29(31-24)38-27-19(4)15-18(3)16-20(27)5/h6-17H,1-5H3,(H2,30,32)(H,33,34). The second kappa shape index (κ2) is 11.1. The molecule has 0 spiro atoms. The summed E-state index contributed by atoms with van der Waals surface area (Å²) in [5.41, 5.74) is 9.60. The van der Waals surface area contributed by atoms with Crippen LogP contribution in [0.25, 0.3) is 11.3 Å². The van der Waals surface area contributed by atoms with E-state index < -0.39 is 15.9 Å². The molecule has 10 heteroatoms. The van der Waals surface area contributed by atoms with Crippen molar-refractivity contribution >= 4 is 21.7 Å². The molecule has 2 heterocycles. The number of carbonyl (C=O) groups excluding carboxylic acids is 1. The molecule has 9 nitrogen and oxygen atoms in total. The van der Waals surface area contributed by atoms with Gasteiger partial charge in [0.1, 0.15) is 22.9 Å². The second-order valence-corrected chi connectivity index (χ2v) is 11.0. The second-order valence-electron chi connectivity index (χ2n) is 9.41. The number of benzene rings is 2. The van der Waals surface area contributed by atoms with E-state index in [1.54, 1.807) is 6.07 Å². The highest BCUT2D eigenvalue weighted by Gasteiger charge is 2.25. The summed E-state index contributed by atoms with van der Waals surface area (Å²) in [6, 6.07) is 18.5. The minimum Gasteiger partial charge on any atom is -0.491 e. The zero-order valence-corrected chi connectivity index (χ0v) is 23.2. The van der Waals surface area contributed by atoms with E-state index in [1.807, 2.05) is 75.7 Å². The van der Waals surface area contributed by atoms with Crippen LogP contribution in [0.5, 0.6) is 17.4 Å². The van der Waals surface area contributed by atoms with Crippen LogP contribution in [-0.2, 0) is 10.0 Å². The van der Waals surface area contributed by atoms with E-state index in [0.29, 0.717) is 17.2 Å². The number of sulfonamides is 1. The summed E-state index contributed by atoms with van der Waals surface area (Å²) >= 11 is 0. The molecular formula is C29H30N4O5S. The maximum absolute atomic E-state index is 13.3. The molecule has 0 aliphatic heterocycles. The highest BCUT2D eigenvalue weighted by atomic mass is 32.2. The topological polar surface area (TPSA) is 134 Å². The van der Waals surface area contributed by atoms with E-state index in [4.69, 9.17) is 15.2 Å². The highest BCUT2D eigenvalue weighted by molar-refractivity contribution is 7.90. The number of nitrogen functional groups attached to an aromatic ring is 1. The van der Waals surface area contributed by atoms with Crippen LogP contribution < -0.4 is 19.9 Å². The van der Waals surface area contributed by atoms with Gasteiger partial charge in [-0.3, -0.25) is 4.79 Å². The fourth-order valence-corrected chi connectivity index (χ4v) is 5.00. The number of aromatic nitrogens is 2. The van der Waals surface area contributed by atoms with Gasteiger partial charge in [0.05, 0.1) is 11.8 Å². The summed E-state index contributed by atoms with van der Waals surface area (Å²) < 4.78 is 39.7. The summed E-state index contributed by atoms with van der Waals surface area (Å²) in [6.45, 7) is 9.65. The zero-order chi connectivity index (χ0) is 28.3. The molecule has 0 fully saturated rings. The molecule has 4 aromatic rings. The summed E-state index contributed by atoms with van der Waals surface area (Å²) in [5, 5.41) is -0.378. The first kappa shape index (κ1) is 27.6. The van der Waals surface area contributed by atoms with Crippen molar-refractivity contribution in [2.45, 2.75) is 45.7 Å². The molecule has 2 aromatic carbocycles. The fraction of sp³-hybridized carbons (Fsp3) is 0.207. The molecule has 0 radical (unpaired) electrons. The van der Waals surface area contributed by atoms with Crippen LogP contribution in [0, 0.1) is 20.8 Å². The third kappa shape index (κ3) is 6.53. The average Bonchev–Trinajstić information content (AvgIpc) is 2.86. The molecule has 0 saturated heterocycles. The lowest BCUT2D eigenvalue weighted by molar-refractivity contribution is 0.0978. The third-order valence-electron chi connectivity index (χ3n) is 5.68. The van der Waals surface area contributed by atoms with Crippen LogP contribution in [0.1, 0.15) is 40.9 Å². The Balaban J connectivity index is 1.74. The Morgan fingerprint density at radius 3 is 2.21 bits per heavy atom. The molecule has 0 atom stereocenters. The van der Waals surface area contributed by atoms with Crippen LogP contribution >= 0.6 is 0 Å². The average molecular weight is 547 g/mol. The van der Waals surface area contributed by atoms with E-state index in [2.05, 4.69) is 9.97 Å². The van der Waals surface area contributed by atoms with E-state index >= 15 is 0 Å². The number of hydrogen-bond acceptors (Lipinski definition) is 8. The van der Waals surface area contributed by atoms with Gasteiger partial charge in [0, 0.05) is 5.56 Å². The smallest absolute Gasteiger partial charge is 0.281 e. The Hall–Kier alpha value is -4.44. The van der Waals surface area contributed by atoms with Gasteiger partial charge in [-0.1, -0.05) is 23.8 Å². The molecule has 202 valence electrons. The van der Waals surface area contributed by atoms with Crippen molar-refractivity contribution in [3.05, 3.63) is 89.0 Å². The van der Waals surface area contributed by atoms with Crippen molar-refractivity contribution in [2.75, 3.05) is 5.73 Å². The van der Waals surface area contributed by atoms with E-state index in [1.165, 1.54) is 24.3 Å². The van der Waals surface area contributed by atoms with Gasteiger partial charge in [0.2, 0.25) is 5.88 Å². The highest BCUT2D eigenvalue weighted by Crippen LogP contribution is 2.33. The molecule has 0 aliphatic rings. The lowest BCUT2D eigenvalue weighted by Crippen LogP contribution is -2.31. The number of hydrogen-bond donors (Lipinski definition) is 2. The fourth-order valence-electron chi connectivity index (χ4n) is 4.06. The van der Waals surface area contributed by atoms with Gasteiger partial charge >= 0.3 is 0 Å². The monoisotopic (exact) mass is 546 g/mol. The molecule has 1 amide bonds. The largest absolute Gasteiger partial charge is 0.491 e. The molecule has 0 bridgehead atoms. The molecule has 2 aromatic heterocycles. The summed E-state index contributed by atoms with van der Waals surface area (Å²) in [6.07, 6.45) is 0.0339. The molecule has 39 heavy (non-hydrogen) atoms. The first-order valence-corrected chi connectivity index (χ1v) is 13.7. The van der Waals surface area contributed by atoms with E-state index in [9.17, 15) is 13.2 Å². The molecular weight excluding hydrogens is 516 g/mol. The maximum Gasteiger partial charge on any atom is 0.281 e. The first-order chi connectivity index (χ1) is 18.4. The number of nitrogens with one attached hydrogen (secondary N) is 1. The van der Waals surface area contributed by atoms with Gasteiger partial charge in [0.15, 0.2) is 5.03 Å². The van der Waals surface area contributed by atoms with Gasteiger partial charge in [0.25, 0.3) is 15.9 Å². The number of amides is 1. The van der Waals surface area contributed by atoms with E-state index in [-0.39, 0.29) is 28.4 Å². The van der Waals surface area contributed by atoms with Gasteiger partial charge in [-0.05, 0) is 94.3 Å². The van der Waals surface area contributed by atoms with E-state index in [0.717, 1.165) is 22.3 Å². The molecule has 4 rings (SSSR count). The number of nitrogens with two attached hydrogens (primary N) is 1. The van der Waals surface area contributed by atoms with Crippen molar-refractivity contribution in [1.82, 2.24) is 14.7 Å². The van der Waals surface area contributed by atoms with Gasteiger partial charge < -0.3 is 15.2 Å². The Morgan fingerprint density at radius 1 is 0.923 bits per heavy atom. The van der Waals surface area contributed by atoms with Crippen LogP contribution in [0.15, 0.2) is 71.8 Å². The third-order valence-corrected chi connectivity index (χ3v) is 6.91. The van der Waals surface area contributed by atoms with Gasteiger partial charge in [-0.2, -0.15) is 8.42 Å². The minimum atomic E-state index is -4.31.